The first kappa shape index (κ1) is 14.8. The van der Waals surface area contributed by atoms with Crippen molar-refractivity contribution in [1.82, 2.24) is 5.32 Å². The van der Waals surface area contributed by atoms with Gasteiger partial charge in [0.25, 0.3) is 5.91 Å². The third kappa shape index (κ3) is 3.69. The van der Waals surface area contributed by atoms with Crippen molar-refractivity contribution in [2.45, 2.75) is 13.8 Å². The van der Waals surface area contributed by atoms with Crippen LogP contribution in [0.3, 0.4) is 0 Å². The highest BCUT2D eigenvalue weighted by atomic mass is 16.4. The largest absolute Gasteiger partial charge is 0.480 e. The van der Waals surface area contributed by atoms with Crippen LogP contribution >= 0.6 is 0 Å². The van der Waals surface area contributed by atoms with Crippen LogP contribution in [0, 0.1) is 13.8 Å². The predicted molar refractivity (Wildman–Crippen MR) is 81.3 cm³/mol. The summed E-state index contributed by atoms with van der Waals surface area (Å²) in [5.74, 6) is -1.44. The molecule has 0 aromatic heterocycles. The molecule has 2 aromatic rings. The van der Waals surface area contributed by atoms with E-state index in [-0.39, 0.29) is 12.5 Å². The van der Waals surface area contributed by atoms with Gasteiger partial charge in [0.1, 0.15) is 6.54 Å². The van der Waals surface area contributed by atoms with E-state index in [0.29, 0.717) is 5.56 Å². The Kier molecular flexibility index (Phi) is 4.38. The molecule has 108 valence electrons. The summed E-state index contributed by atoms with van der Waals surface area (Å²) in [6.45, 7) is 3.57. The zero-order chi connectivity index (χ0) is 15.4. The van der Waals surface area contributed by atoms with Gasteiger partial charge in [-0.1, -0.05) is 47.5 Å². The highest BCUT2D eigenvalue weighted by molar-refractivity contribution is 6.02. The summed E-state index contributed by atoms with van der Waals surface area (Å²) in [6.07, 6.45) is 0. The number of hydrogen-bond acceptors (Lipinski definition) is 2. The number of benzene rings is 2. The summed E-state index contributed by atoms with van der Waals surface area (Å²) in [7, 11) is 0. The molecular weight excluding hydrogens is 266 g/mol. The number of aliphatic carboxylic acids is 1. The Morgan fingerprint density at radius 1 is 1.00 bits per heavy atom. The Bertz CT molecular complexity index is 675. The van der Waals surface area contributed by atoms with Crippen molar-refractivity contribution in [3.05, 3.63) is 59.2 Å². The van der Waals surface area contributed by atoms with Crippen LogP contribution in [0.15, 0.2) is 42.5 Å². The Balaban J connectivity index is 2.40. The molecule has 2 aromatic carbocycles. The first-order chi connectivity index (χ1) is 9.97. The first-order valence-corrected chi connectivity index (χ1v) is 6.65. The van der Waals surface area contributed by atoms with E-state index >= 15 is 0 Å². The van der Waals surface area contributed by atoms with Gasteiger partial charge >= 0.3 is 5.97 Å². The zero-order valence-corrected chi connectivity index (χ0v) is 12.0. The molecule has 0 aliphatic rings. The van der Waals surface area contributed by atoms with Crippen molar-refractivity contribution in [2.24, 2.45) is 0 Å². The van der Waals surface area contributed by atoms with Crippen molar-refractivity contribution in [3.8, 4) is 11.1 Å². The summed E-state index contributed by atoms with van der Waals surface area (Å²) < 4.78 is 0. The normalized spacial score (nSPS) is 10.2. The quantitative estimate of drug-likeness (QED) is 0.906. The van der Waals surface area contributed by atoms with Gasteiger partial charge in [-0.3, -0.25) is 9.59 Å². The van der Waals surface area contributed by atoms with E-state index in [1.54, 1.807) is 6.07 Å². The second-order valence-electron chi connectivity index (χ2n) is 4.99. The third-order valence-corrected chi connectivity index (χ3v) is 3.18. The van der Waals surface area contributed by atoms with Gasteiger partial charge in [-0.25, -0.2) is 0 Å². The fourth-order valence-corrected chi connectivity index (χ4v) is 2.08. The van der Waals surface area contributed by atoms with Crippen LogP contribution in [0.2, 0.25) is 0 Å². The Hall–Kier alpha value is -2.62. The molecule has 0 radical (unpaired) electrons. The highest BCUT2D eigenvalue weighted by Gasteiger charge is 2.13. The van der Waals surface area contributed by atoms with Gasteiger partial charge in [0.15, 0.2) is 0 Å². The molecule has 0 atom stereocenters. The molecule has 1 amide bonds. The van der Waals surface area contributed by atoms with Gasteiger partial charge in [0.2, 0.25) is 0 Å². The summed E-state index contributed by atoms with van der Waals surface area (Å²) >= 11 is 0. The van der Waals surface area contributed by atoms with Gasteiger partial charge in [-0.2, -0.15) is 0 Å². The van der Waals surface area contributed by atoms with Crippen LogP contribution in [0.25, 0.3) is 11.1 Å². The summed E-state index contributed by atoms with van der Waals surface area (Å²) in [6, 6.07) is 13.4. The van der Waals surface area contributed by atoms with Crippen LogP contribution in [0.5, 0.6) is 0 Å². The molecule has 0 spiro atoms. The number of carboxylic acid groups (broad SMARTS) is 1. The number of carbonyl (C=O) groups is 2. The highest BCUT2D eigenvalue weighted by Crippen LogP contribution is 2.25. The van der Waals surface area contributed by atoms with Gasteiger partial charge in [-0.15, -0.1) is 0 Å². The van der Waals surface area contributed by atoms with E-state index in [1.165, 1.54) is 0 Å². The van der Waals surface area contributed by atoms with Crippen LogP contribution < -0.4 is 5.32 Å². The summed E-state index contributed by atoms with van der Waals surface area (Å²) in [5, 5.41) is 11.1. The molecule has 0 saturated heterocycles. The number of carboxylic acids is 1. The maximum atomic E-state index is 12.1. The molecule has 4 heteroatoms. The molecule has 0 aliphatic carbocycles. The first-order valence-electron chi connectivity index (χ1n) is 6.65. The van der Waals surface area contributed by atoms with E-state index in [2.05, 4.69) is 5.32 Å². The number of carbonyl (C=O) groups excluding carboxylic acids is 1. The smallest absolute Gasteiger partial charge is 0.322 e. The van der Waals surface area contributed by atoms with Crippen LogP contribution in [-0.4, -0.2) is 23.5 Å². The maximum Gasteiger partial charge on any atom is 0.322 e. The minimum atomic E-state index is -1.06. The van der Waals surface area contributed by atoms with Gasteiger partial charge in [0, 0.05) is 5.56 Å². The number of nitrogens with one attached hydrogen (secondary N) is 1. The number of amides is 1. The number of aryl methyl sites for hydroxylation is 2. The molecule has 4 nitrogen and oxygen atoms in total. The number of hydrogen-bond donors (Lipinski definition) is 2. The van der Waals surface area contributed by atoms with Crippen molar-refractivity contribution < 1.29 is 14.7 Å². The lowest BCUT2D eigenvalue weighted by Crippen LogP contribution is -2.29. The topological polar surface area (TPSA) is 66.4 Å². The van der Waals surface area contributed by atoms with E-state index in [1.807, 2.05) is 50.2 Å². The molecule has 21 heavy (non-hydrogen) atoms. The van der Waals surface area contributed by atoms with E-state index < -0.39 is 5.97 Å². The SMILES string of the molecule is Cc1ccc(-c2cc(C)ccc2C(=O)NCC(=O)O)cc1. The summed E-state index contributed by atoms with van der Waals surface area (Å²) in [4.78, 5) is 22.7. The minimum Gasteiger partial charge on any atom is -0.480 e. The third-order valence-electron chi connectivity index (χ3n) is 3.18. The standard InChI is InChI=1S/C17H17NO3/c1-11-3-6-13(7-4-11)15-9-12(2)5-8-14(15)17(21)18-10-16(19)20/h3-9H,10H2,1-2H3,(H,18,21)(H,19,20). The van der Waals surface area contributed by atoms with E-state index in [0.717, 1.165) is 22.3 Å². The lowest BCUT2D eigenvalue weighted by Gasteiger charge is -2.11. The average molecular weight is 283 g/mol. The molecular formula is C17H17NO3. The maximum absolute atomic E-state index is 12.1. The van der Waals surface area contributed by atoms with Gasteiger partial charge in [0.05, 0.1) is 0 Å². The van der Waals surface area contributed by atoms with Crippen molar-refractivity contribution >= 4 is 11.9 Å². The average Bonchev–Trinajstić information content (AvgIpc) is 2.45. The molecule has 2 rings (SSSR count). The van der Waals surface area contributed by atoms with Crippen molar-refractivity contribution in [1.29, 1.82) is 0 Å². The molecule has 0 bridgehead atoms. The molecule has 2 N–H and O–H groups in total. The second kappa shape index (κ2) is 6.22. The minimum absolute atomic E-state index is 0.382. The molecule has 0 fully saturated rings. The van der Waals surface area contributed by atoms with Crippen molar-refractivity contribution in [2.75, 3.05) is 6.54 Å². The molecule has 0 unspecified atom stereocenters. The predicted octanol–water partition coefficient (Wildman–Crippen LogP) is 2.78. The fraction of sp³-hybridized carbons (Fsp3) is 0.176. The molecule has 0 saturated carbocycles. The summed E-state index contributed by atoms with van der Waals surface area (Å²) in [5.41, 5.74) is 4.40. The fourth-order valence-electron chi connectivity index (χ4n) is 2.08. The van der Waals surface area contributed by atoms with Crippen LogP contribution in [0.4, 0.5) is 0 Å². The monoisotopic (exact) mass is 283 g/mol. The lowest BCUT2D eigenvalue weighted by atomic mass is 9.96. The molecule has 0 heterocycles. The second-order valence-corrected chi connectivity index (χ2v) is 4.99. The zero-order valence-electron chi connectivity index (χ0n) is 12.0. The Morgan fingerprint density at radius 3 is 2.24 bits per heavy atom. The molecule has 0 aliphatic heterocycles. The van der Waals surface area contributed by atoms with E-state index in [4.69, 9.17) is 5.11 Å². The van der Waals surface area contributed by atoms with E-state index in [9.17, 15) is 9.59 Å². The Morgan fingerprint density at radius 2 is 1.62 bits per heavy atom. The number of rotatable bonds is 4. The Labute approximate surface area is 123 Å². The van der Waals surface area contributed by atoms with Crippen LogP contribution in [-0.2, 0) is 4.79 Å². The van der Waals surface area contributed by atoms with Gasteiger partial charge in [-0.05, 0) is 31.0 Å². The van der Waals surface area contributed by atoms with Gasteiger partial charge < -0.3 is 10.4 Å². The van der Waals surface area contributed by atoms with Crippen molar-refractivity contribution in [3.63, 3.8) is 0 Å². The lowest BCUT2D eigenvalue weighted by molar-refractivity contribution is -0.135. The van der Waals surface area contributed by atoms with Crippen LogP contribution in [0.1, 0.15) is 21.5 Å².